The van der Waals surface area contributed by atoms with Gasteiger partial charge in [-0.1, -0.05) is 6.07 Å². The summed E-state index contributed by atoms with van der Waals surface area (Å²) in [7, 11) is 0. The highest BCUT2D eigenvalue weighted by Crippen LogP contribution is 2.29. The van der Waals surface area contributed by atoms with Gasteiger partial charge in [-0.2, -0.15) is 18.4 Å². The van der Waals surface area contributed by atoms with E-state index in [1.165, 1.54) is 24.5 Å². The summed E-state index contributed by atoms with van der Waals surface area (Å²) < 4.78 is 44.4. The summed E-state index contributed by atoms with van der Waals surface area (Å²) in [6.07, 6.45) is 0.769. The minimum Gasteiger partial charge on any atom is -0.419 e. The minimum absolute atomic E-state index is 0.0516. The quantitative estimate of drug-likeness (QED) is 0.353. The van der Waals surface area contributed by atoms with Gasteiger partial charge in [-0.3, -0.25) is 14.8 Å². The van der Waals surface area contributed by atoms with Gasteiger partial charge in [0.05, 0.1) is 0 Å². The predicted octanol–water partition coefficient (Wildman–Crippen LogP) is 5.32. The molecule has 11 heteroatoms. The molecular formula is C25H19F3N6O2. The minimum atomic E-state index is -4.68. The molecule has 0 aliphatic heterocycles. The number of aliphatic imine (C=N–C) groups is 1. The van der Waals surface area contributed by atoms with Crippen LogP contribution in [0.4, 0.5) is 13.2 Å². The van der Waals surface area contributed by atoms with E-state index in [2.05, 4.69) is 32.0 Å². The molecule has 0 saturated heterocycles. The summed E-state index contributed by atoms with van der Waals surface area (Å²) in [6, 6.07) is 10.4. The van der Waals surface area contributed by atoms with Gasteiger partial charge < -0.3 is 10.1 Å². The molecule has 0 saturated carbocycles. The Kier molecular flexibility index (Phi) is 7.91. The van der Waals surface area contributed by atoms with Gasteiger partial charge in [0.25, 0.3) is 5.91 Å². The standard InChI is InChI=1S/C25H19F3N6O2/c1-15(34-23(35)17-7-9-31-21(12-17)25(26,27)28)10-20(16(2)30-3)19-11-18(13-29)24(33-14-19)36-22-6-4-5-8-32-22/h4-12,14H,3H2,1-2H3,(H,34,35)/b15-10+,20-16+. The SMILES string of the molecule is C=N/C(C)=C(\C=C(/C)NC(=O)c1ccnc(C(F)(F)F)c1)c1cnc(Oc2ccccn2)c(C#N)c1. The second-order valence-electron chi connectivity index (χ2n) is 7.32. The Labute approximate surface area is 204 Å². The van der Waals surface area contributed by atoms with Gasteiger partial charge in [0, 0.05) is 52.8 Å². The van der Waals surface area contributed by atoms with Crippen LogP contribution in [0.3, 0.4) is 0 Å². The number of amides is 1. The molecule has 0 atom stereocenters. The van der Waals surface area contributed by atoms with Gasteiger partial charge in [0.2, 0.25) is 11.8 Å². The first-order chi connectivity index (χ1) is 17.1. The van der Waals surface area contributed by atoms with E-state index in [1.54, 1.807) is 38.1 Å². The van der Waals surface area contributed by atoms with E-state index in [0.717, 1.165) is 6.20 Å². The number of ether oxygens (including phenoxy) is 1. The number of hydrogen-bond acceptors (Lipinski definition) is 7. The lowest BCUT2D eigenvalue weighted by Crippen LogP contribution is -2.22. The Morgan fingerprint density at radius 2 is 1.92 bits per heavy atom. The van der Waals surface area contributed by atoms with Crippen LogP contribution >= 0.6 is 0 Å². The summed E-state index contributed by atoms with van der Waals surface area (Å²) >= 11 is 0. The first kappa shape index (κ1) is 25.8. The van der Waals surface area contributed by atoms with Crippen LogP contribution in [0.1, 0.15) is 41.0 Å². The Hall–Kier alpha value is -4.85. The fourth-order valence-corrected chi connectivity index (χ4v) is 2.98. The number of carbonyl (C=O) groups excluding carboxylic acids is 1. The van der Waals surface area contributed by atoms with Crippen molar-refractivity contribution in [2.45, 2.75) is 20.0 Å². The maximum Gasteiger partial charge on any atom is 0.433 e. The van der Waals surface area contributed by atoms with E-state index in [1.807, 2.05) is 6.07 Å². The van der Waals surface area contributed by atoms with Crippen molar-refractivity contribution in [1.82, 2.24) is 20.3 Å². The van der Waals surface area contributed by atoms with Crippen molar-refractivity contribution in [2.75, 3.05) is 0 Å². The highest BCUT2D eigenvalue weighted by molar-refractivity contribution is 5.95. The predicted molar refractivity (Wildman–Crippen MR) is 126 cm³/mol. The molecule has 0 aliphatic carbocycles. The number of rotatable bonds is 7. The molecule has 3 heterocycles. The fourth-order valence-electron chi connectivity index (χ4n) is 2.98. The number of halogens is 3. The maximum absolute atomic E-state index is 12.9. The van der Waals surface area contributed by atoms with Crippen molar-refractivity contribution in [3.63, 3.8) is 0 Å². The molecule has 0 bridgehead atoms. The molecule has 0 aliphatic rings. The lowest BCUT2D eigenvalue weighted by Gasteiger charge is -2.12. The van der Waals surface area contributed by atoms with Crippen molar-refractivity contribution < 1.29 is 22.7 Å². The topological polar surface area (TPSA) is 113 Å². The van der Waals surface area contributed by atoms with Crippen LogP contribution in [-0.4, -0.2) is 27.6 Å². The third-order valence-electron chi connectivity index (χ3n) is 4.73. The number of alkyl halides is 3. The number of aromatic nitrogens is 3. The van der Waals surface area contributed by atoms with E-state index >= 15 is 0 Å². The van der Waals surface area contributed by atoms with E-state index in [-0.39, 0.29) is 22.9 Å². The molecular weight excluding hydrogens is 473 g/mol. The highest BCUT2D eigenvalue weighted by Gasteiger charge is 2.33. The Morgan fingerprint density at radius 3 is 2.56 bits per heavy atom. The third kappa shape index (κ3) is 6.38. The van der Waals surface area contributed by atoms with E-state index in [9.17, 15) is 23.2 Å². The fraction of sp³-hybridized carbons (Fsp3) is 0.120. The maximum atomic E-state index is 12.9. The number of allylic oxidation sites excluding steroid dienone is 4. The van der Waals surface area contributed by atoms with Gasteiger partial charge in [-0.25, -0.2) is 9.97 Å². The summed E-state index contributed by atoms with van der Waals surface area (Å²) in [4.78, 5) is 28.0. The molecule has 1 amide bonds. The highest BCUT2D eigenvalue weighted by atomic mass is 19.4. The molecule has 1 N–H and O–H groups in total. The first-order valence-corrected chi connectivity index (χ1v) is 10.3. The van der Waals surface area contributed by atoms with Crippen LogP contribution in [0.2, 0.25) is 0 Å². The van der Waals surface area contributed by atoms with Gasteiger partial charge >= 0.3 is 6.18 Å². The van der Waals surface area contributed by atoms with Crippen LogP contribution < -0.4 is 10.1 Å². The third-order valence-corrected chi connectivity index (χ3v) is 4.73. The lowest BCUT2D eigenvalue weighted by atomic mass is 10.0. The largest absolute Gasteiger partial charge is 0.433 e. The van der Waals surface area contributed by atoms with Gasteiger partial charge in [-0.05, 0) is 50.9 Å². The van der Waals surface area contributed by atoms with Crippen LogP contribution in [0, 0.1) is 11.3 Å². The zero-order chi connectivity index (χ0) is 26.3. The molecule has 3 aromatic rings. The van der Waals surface area contributed by atoms with E-state index in [0.29, 0.717) is 28.6 Å². The van der Waals surface area contributed by atoms with Crippen molar-refractivity contribution in [3.8, 4) is 17.8 Å². The molecule has 3 aromatic heterocycles. The van der Waals surface area contributed by atoms with Crippen molar-refractivity contribution in [2.24, 2.45) is 4.99 Å². The van der Waals surface area contributed by atoms with Gasteiger partial charge in [-0.15, -0.1) is 0 Å². The number of pyridine rings is 3. The number of nitrogens with one attached hydrogen (secondary N) is 1. The average Bonchev–Trinajstić information content (AvgIpc) is 2.87. The van der Waals surface area contributed by atoms with Crippen LogP contribution in [-0.2, 0) is 6.18 Å². The molecule has 0 aromatic carbocycles. The first-order valence-electron chi connectivity index (χ1n) is 10.3. The van der Waals surface area contributed by atoms with Gasteiger partial charge in [0.15, 0.2) is 0 Å². The monoisotopic (exact) mass is 492 g/mol. The Bertz CT molecular complexity index is 1390. The number of hydrogen-bond donors (Lipinski definition) is 1. The Balaban J connectivity index is 1.89. The zero-order valence-corrected chi connectivity index (χ0v) is 19.2. The zero-order valence-electron chi connectivity index (χ0n) is 19.2. The molecule has 182 valence electrons. The normalized spacial score (nSPS) is 12.3. The summed E-state index contributed by atoms with van der Waals surface area (Å²) in [5, 5.41) is 12.1. The van der Waals surface area contributed by atoms with Crippen LogP contribution in [0.25, 0.3) is 5.57 Å². The number of carbonyl (C=O) groups is 1. The van der Waals surface area contributed by atoms with Gasteiger partial charge in [0.1, 0.15) is 17.3 Å². The number of nitrogens with zero attached hydrogens (tertiary/aromatic N) is 5. The average molecular weight is 492 g/mol. The molecule has 0 unspecified atom stereocenters. The molecule has 0 spiro atoms. The van der Waals surface area contributed by atoms with E-state index in [4.69, 9.17) is 4.74 Å². The van der Waals surface area contributed by atoms with Crippen LogP contribution in [0.5, 0.6) is 11.8 Å². The molecule has 3 rings (SSSR count). The van der Waals surface area contributed by atoms with Crippen molar-refractivity contribution >= 4 is 18.2 Å². The lowest BCUT2D eigenvalue weighted by molar-refractivity contribution is -0.141. The molecule has 8 nitrogen and oxygen atoms in total. The summed E-state index contributed by atoms with van der Waals surface area (Å²) in [6.45, 7) is 6.73. The van der Waals surface area contributed by atoms with E-state index < -0.39 is 17.8 Å². The summed E-state index contributed by atoms with van der Waals surface area (Å²) in [5.41, 5.74) is 0.445. The molecule has 0 radical (unpaired) electrons. The molecule has 36 heavy (non-hydrogen) atoms. The smallest absolute Gasteiger partial charge is 0.419 e. The number of nitriles is 1. The second kappa shape index (κ2) is 11.1. The van der Waals surface area contributed by atoms with Crippen LogP contribution in [0.15, 0.2) is 77.5 Å². The van der Waals surface area contributed by atoms with Crippen molar-refractivity contribution in [1.29, 1.82) is 5.26 Å². The molecule has 0 fully saturated rings. The summed E-state index contributed by atoms with van der Waals surface area (Å²) in [5.74, 6) is -0.442. The second-order valence-corrected chi connectivity index (χ2v) is 7.32. The van der Waals surface area contributed by atoms with Crippen molar-refractivity contribution in [3.05, 3.63) is 94.8 Å². The Morgan fingerprint density at radius 1 is 1.14 bits per heavy atom.